The Labute approximate surface area is 183 Å². The number of aryl methyl sites for hydroxylation is 2. The van der Waals surface area contributed by atoms with Crippen LogP contribution in [-0.2, 0) is 20.9 Å². The Bertz CT molecular complexity index is 1060. The molecule has 0 radical (unpaired) electrons. The van der Waals surface area contributed by atoms with Gasteiger partial charge in [-0.2, -0.15) is 4.36 Å². The van der Waals surface area contributed by atoms with Crippen LogP contribution in [0, 0.1) is 6.92 Å². The van der Waals surface area contributed by atoms with Crippen LogP contribution in [0.2, 0.25) is 0 Å². The minimum absolute atomic E-state index is 0.0556. The molecule has 0 aliphatic carbocycles. The molecule has 4 heterocycles. The summed E-state index contributed by atoms with van der Waals surface area (Å²) in [5.74, 6) is 1.57. The maximum absolute atomic E-state index is 13.3. The fourth-order valence-electron chi connectivity index (χ4n) is 4.39. The first kappa shape index (κ1) is 21.6. The van der Waals surface area contributed by atoms with E-state index in [2.05, 4.69) is 32.1 Å². The van der Waals surface area contributed by atoms with E-state index in [4.69, 9.17) is 4.98 Å². The van der Waals surface area contributed by atoms with Gasteiger partial charge in [0.05, 0.1) is 21.2 Å². The average Bonchev–Trinajstić information content (AvgIpc) is 3.09. The standard InChI is InChI=1S/C21H31N5O2S2/c1-5-15-13-17-19(22-14(3)23-21(17)29-15)26-10-7-16(8-11-26)30(4,28)24-20(27)18-9-12-25(18)6-2/h13,16,18H,5-12H2,1-4H3. The van der Waals surface area contributed by atoms with Crippen molar-refractivity contribution in [3.63, 3.8) is 0 Å². The highest BCUT2D eigenvalue weighted by molar-refractivity contribution is 7.93. The molecule has 4 rings (SSSR count). The van der Waals surface area contributed by atoms with E-state index in [9.17, 15) is 9.00 Å². The number of thiophene rings is 1. The predicted octanol–water partition coefficient (Wildman–Crippen LogP) is 3.25. The van der Waals surface area contributed by atoms with Crippen molar-refractivity contribution in [2.75, 3.05) is 37.3 Å². The van der Waals surface area contributed by atoms with Gasteiger partial charge in [0.1, 0.15) is 16.5 Å². The number of rotatable bonds is 5. The Morgan fingerprint density at radius 1 is 1.23 bits per heavy atom. The van der Waals surface area contributed by atoms with E-state index in [-0.39, 0.29) is 17.2 Å². The first-order chi connectivity index (χ1) is 14.3. The number of nitrogens with zero attached hydrogens (tertiary/aromatic N) is 5. The largest absolute Gasteiger partial charge is 0.356 e. The number of likely N-dealkylation sites (tertiary alicyclic amines) is 1. The minimum atomic E-state index is -2.55. The molecule has 164 valence electrons. The van der Waals surface area contributed by atoms with Gasteiger partial charge >= 0.3 is 0 Å². The monoisotopic (exact) mass is 449 g/mol. The van der Waals surface area contributed by atoms with Crippen molar-refractivity contribution in [2.24, 2.45) is 4.36 Å². The molecule has 2 aliphatic heterocycles. The van der Waals surface area contributed by atoms with Gasteiger partial charge in [0.25, 0.3) is 5.91 Å². The minimum Gasteiger partial charge on any atom is -0.356 e. The van der Waals surface area contributed by atoms with Crippen molar-refractivity contribution in [3.05, 3.63) is 16.8 Å². The number of aromatic nitrogens is 2. The van der Waals surface area contributed by atoms with Crippen molar-refractivity contribution in [2.45, 2.75) is 57.7 Å². The highest BCUT2D eigenvalue weighted by atomic mass is 32.2. The van der Waals surface area contributed by atoms with Crippen molar-refractivity contribution in [3.8, 4) is 0 Å². The first-order valence-electron chi connectivity index (χ1n) is 10.8. The normalized spacial score (nSPS) is 22.7. The lowest BCUT2D eigenvalue weighted by Crippen LogP contribution is -2.51. The highest BCUT2D eigenvalue weighted by Crippen LogP contribution is 2.33. The van der Waals surface area contributed by atoms with Crippen LogP contribution in [0.1, 0.15) is 43.8 Å². The van der Waals surface area contributed by atoms with Crippen LogP contribution in [-0.4, -0.2) is 68.7 Å². The van der Waals surface area contributed by atoms with Crippen LogP contribution in [0.15, 0.2) is 10.4 Å². The maximum Gasteiger partial charge on any atom is 0.271 e. The highest BCUT2D eigenvalue weighted by Gasteiger charge is 2.35. The molecule has 9 heteroatoms. The topological polar surface area (TPSA) is 78.8 Å². The summed E-state index contributed by atoms with van der Waals surface area (Å²) in [4.78, 5) is 28.6. The first-order valence-corrected chi connectivity index (χ1v) is 13.6. The molecular formula is C21H31N5O2S2. The van der Waals surface area contributed by atoms with Gasteiger partial charge in [-0.1, -0.05) is 13.8 Å². The van der Waals surface area contributed by atoms with Gasteiger partial charge in [-0.25, -0.2) is 14.2 Å². The number of carbonyl (C=O) groups excluding carboxylic acids is 1. The maximum atomic E-state index is 13.3. The van der Waals surface area contributed by atoms with Crippen LogP contribution in [0.4, 0.5) is 5.82 Å². The zero-order valence-corrected chi connectivity index (χ0v) is 19.9. The summed E-state index contributed by atoms with van der Waals surface area (Å²) in [6.45, 7) is 9.44. The van der Waals surface area contributed by atoms with E-state index < -0.39 is 9.73 Å². The smallest absolute Gasteiger partial charge is 0.271 e. The van der Waals surface area contributed by atoms with Crippen molar-refractivity contribution in [1.29, 1.82) is 0 Å². The average molecular weight is 450 g/mol. The van der Waals surface area contributed by atoms with Crippen LogP contribution in [0.25, 0.3) is 10.2 Å². The van der Waals surface area contributed by atoms with Crippen LogP contribution < -0.4 is 4.90 Å². The molecule has 2 unspecified atom stereocenters. The number of hydrogen-bond donors (Lipinski definition) is 0. The molecule has 2 aromatic rings. The van der Waals surface area contributed by atoms with E-state index in [1.165, 1.54) is 4.88 Å². The Hall–Kier alpha value is -1.58. The lowest BCUT2D eigenvalue weighted by Gasteiger charge is -2.38. The molecule has 0 spiro atoms. The fourth-order valence-corrected chi connectivity index (χ4v) is 7.11. The second kappa shape index (κ2) is 8.51. The third kappa shape index (κ3) is 4.11. The van der Waals surface area contributed by atoms with Crippen LogP contribution >= 0.6 is 11.3 Å². The van der Waals surface area contributed by atoms with Gasteiger partial charge in [0.2, 0.25) is 0 Å². The summed E-state index contributed by atoms with van der Waals surface area (Å²) < 4.78 is 17.5. The molecular weight excluding hydrogens is 418 g/mol. The second-order valence-electron chi connectivity index (χ2n) is 8.29. The van der Waals surface area contributed by atoms with Crippen LogP contribution in [0.5, 0.6) is 0 Å². The lowest BCUT2D eigenvalue weighted by molar-refractivity contribution is -0.126. The third-order valence-electron chi connectivity index (χ3n) is 6.34. The number of anilines is 1. The number of hydrogen-bond acceptors (Lipinski definition) is 7. The molecule has 2 saturated heterocycles. The Morgan fingerprint density at radius 2 is 1.97 bits per heavy atom. The number of likely N-dealkylation sites (N-methyl/N-ethyl adjacent to an activating group) is 1. The van der Waals surface area contributed by atoms with Gasteiger partial charge in [0.15, 0.2) is 0 Å². The molecule has 0 aromatic carbocycles. The molecule has 0 N–H and O–H groups in total. The molecule has 1 amide bonds. The van der Waals surface area contributed by atoms with Crippen LogP contribution in [0.3, 0.4) is 0 Å². The van der Waals surface area contributed by atoms with Crippen molar-refractivity contribution in [1.82, 2.24) is 14.9 Å². The SMILES string of the molecule is CCc1cc2c(N3CCC(S(C)(=O)=NC(=O)C4CCN4CC)CC3)nc(C)nc2s1. The molecule has 30 heavy (non-hydrogen) atoms. The van der Waals surface area contributed by atoms with Gasteiger partial charge in [-0.15, -0.1) is 11.3 Å². The van der Waals surface area contributed by atoms with E-state index in [1.54, 1.807) is 17.6 Å². The van der Waals surface area contributed by atoms with E-state index in [0.29, 0.717) is 0 Å². The lowest BCUT2D eigenvalue weighted by atomic mass is 10.0. The Kier molecular flexibility index (Phi) is 6.14. The second-order valence-corrected chi connectivity index (χ2v) is 12.0. The van der Waals surface area contributed by atoms with E-state index in [1.807, 2.05) is 13.8 Å². The number of carbonyl (C=O) groups is 1. The van der Waals surface area contributed by atoms with E-state index in [0.717, 1.165) is 73.7 Å². The summed E-state index contributed by atoms with van der Waals surface area (Å²) in [7, 11) is -2.55. The number of piperidine rings is 1. The Morgan fingerprint density at radius 3 is 2.57 bits per heavy atom. The fraction of sp³-hybridized carbons (Fsp3) is 0.667. The van der Waals surface area contributed by atoms with Gasteiger partial charge in [0, 0.05) is 36.0 Å². The zero-order chi connectivity index (χ0) is 21.5. The summed E-state index contributed by atoms with van der Waals surface area (Å²) in [5, 5.41) is 1.06. The summed E-state index contributed by atoms with van der Waals surface area (Å²) in [6, 6.07) is 2.04. The molecule has 2 aromatic heterocycles. The Balaban J connectivity index is 1.49. The van der Waals surface area contributed by atoms with Gasteiger partial charge < -0.3 is 4.90 Å². The van der Waals surface area contributed by atoms with Crippen molar-refractivity contribution < 1.29 is 9.00 Å². The molecule has 2 fully saturated rings. The number of amides is 1. The molecule has 2 aliphatic rings. The molecule has 0 bridgehead atoms. The van der Waals surface area contributed by atoms with Crippen molar-refractivity contribution >= 4 is 43.0 Å². The summed E-state index contributed by atoms with van der Waals surface area (Å²) in [6.07, 6.45) is 4.99. The molecule has 7 nitrogen and oxygen atoms in total. The third-order valence-corrected chi connectivity index (χ3v) is 9.76. The number of fused-ring (bicyclic) bond motifs is 1. The molecule has 0 saturated carbocycles. The van der Waals surface area contributed by atoms with E-state index >= 15 is 0 Å². The summed E-state index contributed by atoms with van der Waals surface area (Å²) >= 11 is 1.73. The van der Waals surface area contributed by atoms with Gasteiger partial charge in [-0.3, -0.25) is 9.69 Å². The predicted molar refractivity (Wildman–Crippen MR) is 124 cm³/mol. The zero-order valence-electron chi connectivity index (χ0n) is 18.3. The molecule has 2 atom stereocenters. The van der Waals surface area contributed by atoms with Gasteiger partial charge in [-0.05, 0) is 45.2 Å². The quantitative estimate of drug-likeness (QED) is 0.697. The summed E-state index contributed by atoms with van der Waals surface area (Å²) in [5.41, 5.74) is 0.